The molecule has 3 heteroatoms. The lowest BCUT2D eigenvalue weighted by atomic mass is 9.98. The maximum Gasteiger partial charge on any atom is 0.124 e. The molecule has 0 spiro atoms. The molecule has 0 aliphatic carbocycles. The van der Waals surface area contributed by atoms with Gasteiger partial charge in [0.15, 0.2) is 0 Å². The van der Waals surface area contributed by atoms with Crippen LogP contribution < -0.4 is 4.74 Å². The third kappa shape index (κ3) is 3.11. The summed E-state index contributed by atoms with van der Waals surface area (Å²) in [5.74, 6) is 0.917. The Morgan fingerprint density at radius 2 is 1.45 bits per heavy atom. The third-order valence-corrected chi connectivity index (χ3v) is 4.06. The zero-order chi connectivity index (χ0) is 14.9. The predicted octanol–water partition coefficient (Wildman–Crippen LogP) is 5.60. The van der Waals surface area contributed by atoms with Crippen LogP contribution in [0.1, 0.15) is 33.2 Å². The molecule has 2 rings (SSSR count). The van der Waals surface area contributed by atoms with Crippen molar-refractivity contribution in [3.8, 4) is 5.75 Å². The van der Waals surface area contributed by atoms with Crippen molar-refractivity contribution in [3.05, 3.63) is 63.2 Å². The van der Waals surface area contributed by atoms with Gasteiger partial charge in [-0.05, 0) is 60.7 Å². The summed E-state index contributed by atoms with van der Waals surface area (Å²) < 4.78 is 5.39. The lowest BCUT2D eigenvalue weighted by Crippen LogP contribution is -1.98. The molecule has 0 N–H and O–H groups in total. The Balaban J connectivity index is 2.45. The molecule has 0 aromatic heterocycles. The van der Waals surface area contributed by atoms with E-state index in [4.69, 9.17) is 27.9 Å². The molecule has 20 heavy (non-hydrogen) atoms. The number of ether oxygens (including phenoxy) is 1. The fourth-order valence-corrected chi connectivity index (χ4v) is 3.11. The van der Waals surface area contributed by atoms with E-state index in [0.717, 1.165) is 33.6 Å². The number of alkyl halides is 1. The number of methoxy groups -OCH3 is 1. The van der Waals surface area contributed by atoms with Gasteiger partial charge in [0.05, 0.1) is 12.5 Å². The third-order valence-electron chi connectivity index (χ3n) is 3.34. The van der Waals surface area contributed by atoms with Crippen molar-refractivity contribution in [2.45, 2.75) is 26.1 Å². The number of aryl methyl sites for hydroxylation is 3. The number of hydrogen-bond donors (Lipinski definition) is 0. The summed E-state index contributed by atoms with van der Waals surface area (Å²) >= 11 is 12.7. The summed E-state index contributed by atoms with van der Waals surface area (Å²) in [7, 11) is 1.69. The Labute approximate surface area is 130 Å². The maximum absolute atomic E-state index is 6.62. The molecule has 0 saturated heterocycles. The van der Waals surface area contributed by atoms with Gasteiger partial charge in [0, 0.05) is 5.02 Å². The molecule has 1 unspecified atom stereocenters. The SMILES string of the molecule is COc1c(C)cc(C(Cl)c2cc(C)cc(Cl)c2)cc1C. The van der Waals surface area contributed by atoms with Crippen molar-refractivity contribution in [1.82, 2.24) is 0 Å². The van der Waals surface area contributed by atoms with Gasteiger partial charge < -0.3 is 4.74 Å². The van der Waals surface area contributed by atoms with Crippen LogP contribution >= 0.6 is 23.2 Å². The Hall–Kier alpha value is -1.18. The molecule has 2 aromatic rings. The highest BCUT2D eigenvalue weighted by atomic mass is 35.5. The second-order valence-electron chi connectivity index (χ2n) is 5.11. The first kappa shape index (κ1) is 15.2. The summed E-state index contributed by atoms with van der Waals surface area (Å²) in [6, 6.07) is 10.1. The van der Waals surface area contributed by atoms with Crippen molar-refractivity contribution in [3.63, 3.8) is 0 Å². The molecule has 1 atom stereocenters. The van der Waals surface area contributed by atoms with Gasteiger partial charge in [-0.15, -0.1) is 11.6 Å². The standard InChI is InChI=1S/C17H18Cl2O/c1-10-5-13(9-15(18)6-10)16(19)14-7-11(2)17(20-4)12(3)8-14/h5-9,16H,1-4H3. The zero-order valence-electron chi connectivity index (χ0n) is 12.1. The molecule has 0 aliphatic heterocycles. The van der Waals surface area contributed by atoms with Crippen molar-refractivity contribution in [2.24, 2.45) is 0 Å². The number of hydrogen-bond acceptors (Lipinski definition) is 1. The van der Waals surface area contributed by atoms with Crippen LogP contribution in [0.15, 0.2) is 30.3 Å². The largest absolute Gasteiger partial charge is 0.496 e. The lowest BCUT2D eigenvalue weighted by molar-refractivity contribution is 0.408. The second-order valence-corrected chi connectivity index (χ2v) is 5.99. The van der Waals surface area contributed by atoms with Crippen molar-refractivity contribution in [2.75, 3.05) is 7.11 Å². The highest BCUT2D eigenvalue weighted by Gasteiger charge is 2.15. The molecular formula is C17H18Cl2O. The lowest BCUT2D eigenvalue weighted by Gasteiger charge is -2.16. The van der Waals surface area contributed by atoms with E-state index >= 15 is 0 Å². The van der Waals surface area contributed by atoms with Gasteiger partial charge in [0.25, 0.3) is 0 Å². The zero-order valence-corrected chi connectivity index (χ0v) is 13.6. The van der Waals surface area contributed by atoms with E-state index in [1.54, 1.807) is 7.11 Å². The van der Waals surface area contributed by atoms with Gasteiger partial charge in [0.1, 0.15) is 5.75 Å². The Morgan fingerprint density at radius 3 is 1.95 bits per heavy atom. The van der Waals surface area contributed by atoms with Crippen LogP contribution in [0.25, 0.3) is 0 Å². The van der Waals surface area contributed by atoms with Crippen LogP contribution in [0.3, 0.4) is 0 Å². The van der Waals surface area contributed by atoms with E-state index in [-0.39, 0.29) is 5.38 Å². The number of halogens is 2. The van der Waals surface area contributed by atoms with Crippen LogP contribution in [0.4, 0.5) is 0 Å². The first-order valence-electron chi connectivity index (χ1n) is 6.48. The molecule has 1 nitrogen and oxygen atoms in total. The fraction of sp³-hybridized carbons (Fsp3) is 0.294. The molecule has 0 amide bonds. The molecule has 106 valence electrons. The van der Waals surface area contributed by atoms with Crippen LogP contribution in [0.2, 0.25) is 5.02 Å². The number of rotatable bonds is 3. The monoisotopic (exact) mass is 308 g/mol. The molecule has 0 heterocycles. The van der Waals surface area contributed by atoms with Crippen LogP contribution in [-0.4, -0.2) is 7.11 Å². The van der Waals surface area contributed by atoms with Gasteiger partial charge in [-0.2, -0.15) is 0 Å². The minimum absolute atomic E-state index is 0.212. The van der Waals surface area contributed by atoms with E-state index in [2.05, 4.69) is 18.2 Å². The van der Waals surface area contributed by atoms with E-state index in [9.17, 15) is 0 Å². The van der Waals surface area contributed by atoms with Crippen molar-refractivity contribution >= 4 is 23.2 Å². The minimum Gasteiger partial charge on any atom is -0.496 e. The summed E-state index contributed by atoms with van der Waals surface area (Å²) in [5, 5.41) is 0.503. The van der Waals surface area contributed by atoms with Gasteiger partial charge >= 0.3 is 0 Å². The van der Waals surface area contributed by atoms with E-state index in [0.29, 0.717) is 5.02 Å². The van der Waals surface area contributed by atoms with Gasteiger partial charge in [-0.3, -0.25) is 0 Å². The molecule has 0 fully saturated rings. The fourth-order valence-electron chi connectivity index (χ4n) is 2.56. The van der Waals surface area contributed by atoms with Crippen LogP contribution in [0.5, 0.6) is 5.75 Å². The van der Waals surface area contributed by atoms with Gasteiger partial charge in [-0.1, -0.05) is 29.8 Å². The van der Waals surface area contributed by atoms with Crippen molar-refractivity contribution in [1.29, 1.82) is 0 Å². The molecule has 0 aliphatic rings. The van der Waals surface area contributed by atoms with E-state index < -0.39 is 0 Å². The molecule has 0 bridgehead atoms. The highest BCUT2D eigenvalue weighted by molar-refractivity contribution is 6.31. The first-order valence-corrected chi connectivity index (χ1v) is 7.30. The van der Waals surface area contributed by atoms with Gasteiger partial charge in [0.2, 0.25) is 0 Å². The van der Waals surface area contributed by atoms with Gasteiger partial charge in [-0.25, -0.2) is 0 Å². The summed E-state index contributed by atoms with van der Waals surface area (Å²) in [4.78, 5) is 0. The second kappa shape index (κ2) is 6.07. The maximum atomic E-state index is 6.62. The Kier molecular flexibility index (Phi) is 4.62. The summed E-state index contributed by atoms with van der Waals surface area (Å²) in [5.41, 5.74) is 5.36. The minimum atomic E-state index is -0.212. The molecule has 0 radical (unpaired) electrons. The highest BCUT2D eigenvalue weighted by Crippen LogP contribution is 2.35. The average Bonchev–Trinajstić information content (AvgIpc) is 2.36. The Bertz CT molecular complexity index is 592. The van der Waals surface area contributed by atoms with Crippen LogP contribution in [-0.2, 0) is 0 Å². The smallest absolute Gasteiger partial charge is 0.124 e. The van der Waals surface area contributed by atoms with Crippen LogP contribution in [0, 0.1) is 20.8 Å². The normalized spacial score (nSPS) is 12.3. The first-order chi connectivity index (χ1) is 9.42. The van der Waals surface area contributed by atoms with E-state index in [1.165, 1.54) is 0 Å². The average molecular weight is 309 g/mol. The predicted molar refractivity (Wildman–Crippen MR) is 86.4 cm³/mol. The van der Waals surface area contributed by atoms with Crippen molar-refractivity contribution < 1.29 is 4.74 Å². The molecule has 0 saturated carbocycles. The molecule has 2 aromatic carbocycles. The Morgan fingerprint density at radius 1 is 0.900 bits per heavy atom. The summed E-state index contributed by atoms with van der Waals surface area (Å²) in [6.07, 6.45) is 0. The summed E-state index contributed by atoms with van der Waals surface area (Å²) in [6.45, 7) is 6.08. The topological polar surface area (TPSA) is 9.23 Å². The molecular weight excluding hydrogens is 291 g/mol. The number of benzene rings is 2. The quantitative estimate of drug-likeness (QED) is 0.670. The van der Waals surface area contributed by atoms with E-state index in [1.807, 2.05) is 32.9 Å².